The van der Waals surface area contributed by atoms with Crippen LogP contribution in [-0.4, -0.2) is 27.1 Å². The lowest BCUT2D eigenvalue weighted by Crippen LogP contribution is -2.18. The Morgan fingerprint density at radius 3 is 2.44 bits per heavy atom. The molecule has 0 bridgehead atoms. The highest BCUT2D eigenvalue weighted by atomic mass is 35.5. The zero-order valence-corrected chi connectivity index (χ0v) is 13.5. The van der Waals surface area contributed by atoms with Crippen molar-refractivity contribution in [1.82, 2.24) is 10.1 Å². The molecule has 1 atom stereocenters. The summed E-state index contributed by atoms with van der Waals surface area (Å²) in [5.41, 5.74) is 0.919. The van der Waals surface area contributed by atoms with E-state index < -0.39 is 17.3 Å². The van der Waals surface area contributed by atoms with E-state index in [4.69, 9.17) is 16.1 Å². The van der Waals surface area contributed by atoms with Gasteiger partial charge in [0.1, 0.15) is 11.1 Å². The smallest absolute Gasteiger partial charge is 0.343 e. The number of amides is 1. The van der Waals surface area contributed by atoms with Gasteiger partial charge >= 0.3 is 5.97 Å². The summed E-state index contributed by atoms with van der Waals surface area (Å²) < 4.78 is 5.03. The van der Waals surface area contributed by atoms with Crippen LogP contribution in [0.2, 0.25) is 0 Å². The molecule has 2 N–H and O–H groups in total. The Kier molecular flexibility index (Phi) is 4.76. The minimum atomic E-state index is -1.28. The molecule has 0 spiro atoms. The monoisotopic (exact) mass is 357 g/mol. The number of alkyl halides is 1. The van der Waals surface area contributed by atoms with E-state index in [0.717, 1.165) is 0 Å². The molecule has 2 aromatic heterocycles. The van der Waals surface area contributed by atoms with Crippen LogP contribution in [0.4, 0.5) is 5.88 Å². The number of aromatic nitrogens is 2. The van der Waals surface area contributed by atoms with Crippen molar-refractivity contribution in [1.29, 1.82) is 0 Å². The molecule has 8 heteroatoms. The lowest BCUT2D eigenvalue weighted by Gasteiger charge is -2.09. The van der Waals surface area contributed by atoms with Gasteiger partial charge in [-0.3, -0.25) is 15.1 Å². The van der Waals surface area contributed by atoms with Crippen molar-refractivity contribution in [2.75, 3.05) is 5.32 Å². The van der Waals surface area contributed by atoms with Crippen LogP contribution in [0, 0.1) is 0 Å². The third-order valence-electron chi connectivity index (χ3n) is 3.42. The molecule has 2 heterocycles. The molecule has 3 aromatic rings. The molecule has 1 aromatic carbocycles. The van der Waals surface area contributed by atoms with Crippen molar-refractivity contribution in [3.63, 3.8) is 0 Å². The number of carboxylic acids is 1. The number of nitrogens with one attached hydrogen (secondary N) is 1. The van der Waals surface area contributed by atoms with Crippen molar-refractivity contribution >= 4 is 29.4 Å². The molecular formula is C17H12ClN3O4. The third kappa shape index (κ3) is 3.51. The Morgan fingerprint density at radius 1 is 1.12 bits per heavy atom. The summed E-state index contributed by atoms with van der Waals surface area (Å²) in [7, 11) is 0. The minimum absolute atomic E-state index is 0.0935. The first-order chi connectivity index (χ1) is 12.1. The van der Waals surface area contributed by atoms with Gasteiger partial charge in [0.25, 0.3) is 0 Å². The maximum atomic E-state index is 12.3. The quantitative estimate of drug-likeness (QED) is 0.678. The lowest BCUT2D eigenvalue weighted by atomic mass is 10.1. The maximum absolute atomic E-state index is 12.3. The third-order valence-corrected chi connectivity index (χ3v) is 3.87. The van der Waals surface area contributed by atoms with Gasteiger partial charge in [0, 0.05) is 18.0 Å². The molecule has 3 rings (SSSR count). The second kappa shape index (κ2) is 7.14. The van der Waals surface area contributed by atoms with E-state index in [1.165, 1.54) is 12.4 Å². The fourth-order valence-electron chi connectivity index (χ4n) is 2.23. The van der Waals surface area contributed by atoms with Crippen LogP contribution in [0.25, 0.3) is 11.3 Å². The highest BCUT2D eigenvalue weighted by Crippen LogP contribution is 2.30. The summed E-state index contributed by atoms with van der Waals surface area (Å²) in [6.07, 6.45) is 3.00. The van der Waals surface area contributed by atoms with Crippen molar-refractivity contribution in [3.8, 4) is 11.3 Å². The zero-order valence-electron chi connectivity index (χ0n) is 12.7. The van der Waals surface area contributed by atoms with Gasteiger partial charge < -0.3 is 9.63 Å². The maximum Gasteiger partial charge on any atom is 0.343 e. The number of hydrogen-bond donors (Lipinski definition) is 2. The van der Waals surface area contributed by atoms with Gasteiger partial charge in [-0.1, -0.05) is 35.5 Å². The van der Waals surface area contributed by atoms with Crippen molar-refractivity contribution in [2.45, 2.75) is 5.38 Å². The Balaban J connectivity index is 1.89. The van der Waals surface area contributed by atoms with Crippen molar-refractivity contribution < 1.29 is 19.2 Å². The van der Waals surface area contributed by atoms with Gasteiger partial charge in [-0.15, -0.1) is 11.6 Å². The molecule has 1 unspecified atom stereocenters. The van der Waals surface area contributed by atoms with Gasteiger partial charge in [0.15, 0.2) is 5.56 Å². The van der Waals surface area contributed by atoms with Crippen LogP contribution in [0.1, 0.15) is 21.3 Å². The van der Waals surface area contributed by atoms with E-state index in [9.17, 15) is 14.7 Å². The first kappa shape index (κ1) is 16.7. The van der Waals surface area contributed by atoms with Gasteiger partial charge in [-0.25, -0.2) is 4.79 Å². The van der Waals surface area contributed by atoms with Crippen LogP contribution in [0.3, 0.4) is 0 Å². The normalized spacial score (nSPS) is 11.7. The molecular weight excluding hydrogens is 346 g/mol. The minimum Gasteiger partial charge on any atom is -0.477 e. The SMILES string of the molecule is O=C(O)c1c(-c2ccncc2)noc1NC(=O)C(Cl)c1ccccc1. The summed E-state index contributed by atoms with van der Waals surface area (Å²) in [5, 5.41) is 14.6. The summed E-state index contributed by atoms with van der Waals surface area (Å²) >= 11 is 6.13. The summed E-state index contributed by atoms with van der Waals surface area (Å²) in [6, 6.07) is 11.9. The fraction of sp³-hybridized carbons (Fsp3) is 0.0588. The molecule has 0 radical (unpaired) electrons. The van der Waals surface area contributed by atoms with E-state index in [-0.39, 0.29) is 17.1 Å². The number of benzene rings is 1. The molecule has 1 amide bonds. The predicted octanol–water partition coefficient (Wildman–Crippen LogP) is 3.35. The lowest BCUT2D eigenvalue weighted by molar-refractivity contribution is -0.116. The standard InChI is InChI=1S/C17H12ClN3O4/c18-13(10-4-2-1-3-5-10)15(22)20-16-12(17(23)24)14(21-25-16)11-6-8-19-9-7-11/h1-9,13H,(H,20,22)(H,23,24). The molecule has 0 fully saturated rings. The second-order valence-electron chi connectivity index (χ2n) is 5.04. The van der Waals surface area contributed by atoms with E-state index in [0.29, 0.717) is 11.1 Å². The van der Waals surface area contributed by atoms with Gasteiger partial charge in [-0.2, -0.15) is 0 Å². The Bertz CT molecular complexity index is 897. The van der Waals surface area contributed by atoms with Crippen LogP contribution in [-0.2, 0) is 4.79 Å². The number of carboxylic acid groups (broad SMARTS) is 1. The van der Waals surface area contributed by atoms with Gasteiger partial charge in [0.2, 0.25) is 11.8 Å². The van der Waals surface area contributed by atoms with Gasteiger partial charge in [0.05, 0.1) is 0 Å². The summed E-state index contributed by atoms with van der Waals surface area (Å²) in [4.78, 5) is 27.8. The summed E-state index contributed by atoms with van der Waals surface area (Å²) in [5.74, 6) is -2.17. The van der Waals surface area contributed by atoms with Crippen molar-refractivity contribution in [3.05, 3.63) is 66.0 Å². The predicted molar refractivity (Wildman–Crippen MR) is 90.4 cm³/mol. The number of anilines is 1. The van der Waals surface area contributed by atoms with Crippen LogP contribution in [0.15, 0.2) is 59.4 Å². The number of carbonyl (C=O) groups is 2. The highest BCUT2D eigenvalue weighted by molar-refractivity contribution is 6.32. The molecule has 0 aliphatic carbocycles. The number of nitrogens with zero attached hydrogens (tertiary/aromatic N) is 2. The van der Waals surface area contributed by atoms with Crippen LogP contribution >= 0.6 is 11.6 Å². The Labute approximate surface area is 147 Å². The number of aromatic carboxylic acids is 1. The van der Waals surface area contributed by atoms with E-state index in [2.05, 4.69) is 15.5 Å². The molecule has 0 aliphatic heterocycles. The number of hydrogen-bond acceptors (Lipinski definition) is 5. The molecule has 0 saturated heterocycles. The first-order valence-corrected chi connectivity index (χ1v) is 7.65. The number of rotatable bonds is 5. The van der Waals surface area contributed by atoms with E-state index in [1.807, 2.05) is 0 Å². The molecule has 0 aliphatic rings. The second-order valence-corrected chi connectivity index (χ2v) is 5.48. The fourth-order valence-corrected chi connectivity index (χ4v) is 2.43. The first-order valence-electron chi connectivity index (χ1n) is 7.21. The topological polar surface area (TPSA) is 105 Å². The largest absolute Gasteiger partial charge is 0.477 e. The molecule has 25 heavy (non-hydrogen) atoms. The number of pyridine rings is 1. The summed E-state index contributed by atoms with van der Waals surface area (Å²) in [6.45, 7) is 0. The highest BCUT2D eigenvalue weighted by Gasteiger charge is 2.27. The number of carbonyl (C=O) groups excluding carboxylic acids is 1. The number of halogens is 1. The Hall–Kier alpha value is -3.19. The zero-order chi connectivity index (χ0) is 17.8. The van der Waals surface area contributed by atoms with E-state index >= 15 is 0 Å². The Morgan fingerprint density at radius 2 is 1.80 bits per heavy atom. The average molecular weight is 358 g/mol. The average Bonchev–Trinajstić information content (AvgIpc) is 3.06. The van der Waals surface area contributed by atoms with Crippen LogP contribution < -0.4 is 5.32 Å². The molecule has 126 valence electrons. The molecule has 0 saturated carbocycles. The van der Waals surface area contributed by atoms with Gasteiger partial charge in [-0.05, 0) is 17.7 Å². The van der Waals surface area contributed by atoms with Crippen molar-refractivity contribution in [2.24, 2.45) is 0 Å². The van der Waals surface area contributed by atoms with Crippen LogP contribution in [0.5, 0.6) is 0 Å². The molecule has 7 nitrogen and oxygen atoms in total. The van der Waals surface area contributed by atoms with E-state index in [1.54, 1.807) is 42.5 Å².